The normalized spacial score (nSPS) is 15.5. The van der Waals surface area contributed by atoms with Crippen LogP contribution in [0.4, 0.5) is 5.69 Å². The molecule has 1 amide bonds. The van der Waals surface area contributed by atoms with E-state index >= 15 is 0 Å². The Kier molecular flexibility index (Phi) is 12.0. The fourth-order valence-electron chi connectivity index (χ4n) is 4.36. The number of unbranched alkanes of at least 4 members (excludes halogenated alkanes) is 11. The minimum atomic E-state index is -0.922. The van der Waals surface area contributed by atoms with Gasteiger partial charge in [0.15, 0.2) is 0 Å². The van der Waals surface area contributed by atoms with Crippen LogP contribution in [0.2, 0.25) is 0 Å². The van der Waals surface area contributed by atoms with Crippen LogP contribution in [0.25, 0.3) is 0 Å². The summed E-state index contributed by atoms with van der Waals surface area (Å²) in [6.45, 7) is 2.26. The first-order valence-electron chi connectivity index (χ1n) is 12.4. The van der Waals surface area contributed by atoms with E-state index in [-0.39, 0.29) is 5.91 Å². The predicted octanol–water partition coefficient (Wildman–Crippen LogP) is 7.07. The number of carboxylic acid groups (broad SMARTS) is 1. The van der Waals surface area contributed by atoms with E-state index in [1.807, 2.05) is 24.3 Å². The summed E-state index contributed by atoms with van der Waals surface area (Å²) in [7, 11) is 0. The van der Waals surface area contributed by atoms with E-state index in [4.69, 9.17) is 0 Å². The van der Waals surface area contributed by atoms with Crippen molar-refractivity contribution in [2.24, 2.45) is 0 Å². The molecule has 0 aromatic heterocycles. The molecule has 1 heterocycles. The maximum absolute atomic E-state index is 12.7. The topological polar surface area (TPSA) is 57.6 Å². The average molecular weight is 428 g/mol. The van der Waals surface area contributed by atoms with Crippen LogP contribution in [0.3, 0.4) is 0 Å². The summed E-state index contributed by atoms with van der Waals surface area (Å²) >= 11 is 0. The number of benzene rings is 1. The first-order valence-corrected chi connectivity index (χ1v) is 12.4. The molecule has 0 saturated carbocycles. The fourth-order valence-corrected chi connectivity index (χ4v) is 4.36. The Morgan fingerprint density at radius 3 is 2.13 bits per heavy atom. The molecule has 1 aliphatic heterocycles. The Hall–Kier alpha value is -2.10. The highest BCUT2D eigenvalue weighted by Crippen LogP contribution is 2.33. The van der Waals surface area contributed by atoms with E-state index in [2.05, 4.69) is 19.1 Å². The Bertz CT molecular complexity index is 697. The molecule has 0 bridgehead atoms. The second-order valence-corrected chi connectivity index (χ2v) is 8.78. The molecule has 1 aromatic carbocycles. The van der Waals surface area contributed by atoms with E-state index < -0.39 is 12.0 Å². The minimum Gasteiger partial charge on any atom is -0.480 e. The van der Waals surface area contributed by atoms with Crippen LogP contribution in [-0.2, 0) is 16.0 Å². The van der Waals surface area contributed by atoms with Crippen molar-refractivity contribution in [2.75, 3.05) is 4.90 Å². The second kappa shape index (κ2) is 14.8. The van der Waals surface area contributed by atoms with E-state index in [1.165, 1.54) is 62.7 Å². The number of anilines is 1. The number of para-hydroxylation sites is 1. The molecule has 0 radical (unpaired) electrons. The molecule has 1 aromatic rings. The van der Waals surface area contributed by atoms with Gasteiger partial charge in [0, 0.05) is 18.5 Å². The largest absolute Gasteiger partial charge is 0.480 e. The highest BCUT2D eigenvalue weighted by molar-refractivity contribution is 6.01. The molecule has 1 aliphatic rings. The number of carboxylic acids is 1. The molecule has 1 atom stereocenters. The standard InChI is InChI=1S/C27H41NO3/c1-2-3-4-5-6-7-8-9-10-11-12-13-14-15-16-21-26(29)28-24-20-18-17-19-23(24)22-25(28)27(30)31/h9-10,17-20,25H,2-8,11-16,21-22H2,1H3,(H,30,31)/b10-9-. The lowest BCUT2D eigenvalue weighted by Crippen LogP contribution is -2.42. The maximum atomic E-state index is 12.7. The smallest absolute Gasteiger partial charge is 0.327 e. The third-order valence-electron chi connectivity index (χ3n) is 6.18. The monoisotopic (exact) mass is 427 g/mol. The van der Waals surface area contributed by atoms with Crippen molar-refractivity contribution in [2.45, 2.75) is 109 Å². The lowest BCUT2D eigenvalue weighted by molar-refractivity contribution is -0.139. The van der Waals surface area contributed by atoms with Crippen molar-refractivity contribution in [3.8, 4) is 0 Å². The van der Waals surface area contributed by atoms with Crippen LogP contribution >= 0.6 is 0 Å². The Morgan fingerprint density at radius 2 is 1.48 bits per heavy atom. The van der Waals surface area contributed by atoms with Crippen LogP contribution in [0.5, 0.6) is 0 Å². The number of carbonyl (C=O) groups excluding carboxylic acids is 1. The summed E-state index contributed by atoms with van der Waals surface area (Å²) < 4.78 is 0. The number of rotatable bonds is 16. The van der Waals surface area contributed by atoms with Crippen molar-refractivity contribution in [1.29, 1.82) is 0 Å². The van der Waals surface area contributed by atoms with Gasteiger partial charge in [-0.25, -0.2) is 4.79 Å². The zero-order chi connectivity index (χ0) is 22.3. The zero-order valence-electron chi connectivity index (χ0n) is 19.4. The lowest BCUT2D eigenvalue weighted by atomic mass is 10.1. The molecule has 0 fully saturated rings. The van der Waals surface area contributed by atoms with E-state index in [0.29, 0.717) is 12.8 Å². The molecule has 1 unspecified atom stereocenters. The van der Waals surface area contributed by atoms with E-state index in [9.17, 15) is 14.7 Å². The van der Waals surface area contributed by atoms with Gasteiger partial charge in [-0.1, -0.05) is 88.6 Å². The number of aliphatic carboxylic acids is 1. The molecule has 4 nitrogen and oxygen atoms in total. The molecular formula is C27H41NO3. The fraction of sp³-hybridized carbons (Fsp3) is 0.630. The van der Waals surface area contributed by atoms with Gasteiger partial charge in [0.25, 0.3) is 0 Å². The Balaban J connectivity index is 1.52. The third kappa shape index (κ3) is 8.88. The molecule has 4 heteroatoms. The molecule has 0 spiro atoms. The number of hydrogen-bond acceptors (Lipinski definition) is 2. The van der Waals surface area contributed by atoms with Crippen molar-refractivity contribution in [1.82, 2.24) is 0 Å². The first-order chi connectivity index (χ1) is 15.1. The molecule has 0 aliphatic carbocycles. The Labute approximate surface area is 188 Å². The molecular weight excluding hydrogens is 386 g/mol. The molecule has 0 saturated heterocycles. The SMILES string of the molecule is CCCCCCCC/C=C\CCCCCCCC(=O)N1c2ccccc2CC1C(=O)O. The summed E-state index contributed by atoms with van der Waals surface area (Å²) in [5, 5.41) is 9.51. The summed E-state index contributed by atoms with van der Waals surface area (Å²) in [5.74, 6) is -0.982. The number of hydrogen-bond donors (Lipinski definition) is 1. The van der Waals surface area contributed by atoms with Gasteiger partial charge in [-0.3, -0.25) is 9.69 Å². The first kappa shape index (κ1) is 25.2. The third-order valence-corrected chi connectivity index (χ3v) is 6.18. The summed E-state index contributed by atoms with van der Waals surface area (Å²) in [4.78, 5) is 25.8. The molecule has 2 rings (SSSR count). The zero-order valence-corrected chi connectivity index (χ0v) is 19.4. The van der Waals surface area contributed by atoms with Crippen molar-refractivity contribution >= 4 is 17.6 Å². The number of carbonyl (C=O) groups is 2. The van der Waals surface area contributed by atoms with Gasteiger partial charge in [-0.2, -0.15) is 0 Å². The quantitative estimate of drug-likeness (QED) is 0.227. The van der Waals surface area contributed by atoms with Crippen molar-refractivity contribution < 1.29 is 14.7 Å². The van der Waals surface area contributed by atoms with Crippen LogP contribution in [-0.4, -0.2) is 23.0 Å². The molecule has 1 N–H and O–H groups in total. The van der Waals surface area contributed by atoms with Crippen LogP contribution < -0.4 is 4.90 Å². The highest BCUT2D eigenvalue weighted by atomic mass is 16.4. The van der Waals surface area contributed by atoms with E-state index in [1.54, 1.807) is 0 Å². The van der Waals surface area contributed by atoms with Crippen LogP contribution in [0.15, 0.2) is 36.4 Å². The second-order valence-electron chi connectivity index (χ2n) is 8.78. The maximum Gasteiger partial charge on any atom is 0.327 e. The lowest BCUT2D eigenvalue weighted by Gasteiger charge is -2.22. The van der Waals surface area contributed by atoms with Gasteiger partial charge in [-0.05, 0) is 43.7 Å². The summed E-state index contributed by atoms with van der Waals surface area (Å²) in [6.07, 6.45) is 21.4. The van der Waals surface area contributed by atoms with Gasteiger partial charge in [-0.15, -0.1) is 0 Å². The molecule has 172 valence electrons. The van der Waals surface area contributed by atoms with Gasteiger partial charge in [0.2, 0.25) is 5.91 Å². The Morgan fingerprint density at radius 1 is 0.903 bits per heavy atom. The minimum absolute atomic E-state index is 0.0602. The van der Waals surface area contributed by atoms with Gasteiger partial charge >= 0.3 is 5.97 Å². The predicted molar refractivity (Wildman–Crippen MR) is 129 cm³/mol. The number of allylic oxidation sites excluding steroid dienone is 2. The highest BCUT2D eigenvalue weighted by Gasteiger charge is 2.37. The van der Waals surface area contributed by atoms with E-state index in [0.717, 1.165) is 36.9 Å². The summed E-state index contributed by atoms with van der Waals surface area (Å²) in [5.41, 5.74) is 1.72. The van der Waals surface area contributed by atoms with Gasteiger partial charge in [0.1, 0.15) is 6.04 Å². The van der Waals surface area contributed by atoms with Crippen LogP contribution in [0, 0.1) is 0 Å². The molecule has 31 heavy (non-hydrogen) atoms. The number of fused-ring (bicyclic) bond motifs is 1. The van der Waals surface area contributed by atoms with Crippen molar-refractivity contribution in [3.63, 3.8) is 0 Å². The van der Waals surface area contributed by atoms with Crippen molar-refractivity contribution in [3.05, 3.63) is 42.0 Å². The van der Waals surface area contributed by atoms with Gasteiger partial charge in [0.05, 0.1) is 0 Å². The summed E-state index contributed by atoms with van der Waals surface area (Å²) in [6, 6.07) is 6.78. The van der Waals surface area contributed by atoms with Gasteiger partial charge < -0.3 is 5.11 Å². The van der Waals surface area contributed by atoms with Crippen LogP contribution in [0.1, 0.15) is 102 Å². The number of amides is 1. The number of nitrogens with zero attached hydrogens (tertiary/aromatic N) is 1. The average Bonchev–Trinajstić information content (AvgIpc) is 3.16.